The van der Waals surface area contributed by atoms with E-state index in [1.165, 1.54) is 7.11 Å². The van der Waals surface area contributed by atoms with Crippen LogP contribution in [0.4, 0.5) is 0 Å². The van der Waals surface area contributed by atoms with E-state index in [1.807, 2.05) is 0 Å². The van der Waals surface area contributed by atoms with E-state index in [0.717, 1.165) is 13.0 Å². The third-order valence-electron chi connectivity index (χ3n) is 0.694. The van der Waals surface area contributed by atoms with Gasteiger partial charge in [0.2, 0.25) is 0 Å². The molecule has 0 N–H and O–H groups in total. The maximum absolute atomic E-state index is 4.75. The molecule has 0 aliphatic rings. The molecule has 0 heterocycles. The molecular weight excluding hydrogens is 108 g/mol. The number of hydrogen-bond donors (Lipinski definition) is 0. The zero-order valence-corrected chi connectivity index (χ0v) is 5.35. The highest BCUT2D eigenvalue weighted by molar-refractivity contribution is 4.27. The van der Waals surface area contributed by atoms with E-state index in [2.05, 4.69) is 9.78 Å². The summed E-state index contributed by atoms with van der Waals surface area (Å²) in [6.07, 6.45) is 0.879. The van der Waals surface area contributed by atoms with Gasteiger partial charge in [0, 0.05) is 13.7 Å². The van der Waals surface area contributed by atoms with Gasteiger partial charge < -0.3 is 4.74 Å². The molecule has 0 amide bonds. The predicted octanol–water partition coefficient (Wildman–Crippen LogP) is 0.601. The van der Waals surface area contributed by atoms with Crippen molar-refractivity contribution in [2.45, 2.75) is 6.42 Å². The molecule has 0 aromatic carbocycles. The normalized spacial score (nSPS) is 9.75. The van der Waals surface area contributed by atoms with Crippen LogP contribution in [0.2, 0.25) is 0 Å². The highest BCUT2D eigenvalue weighted by Crippen LogP contribution is 1.81. The monoisotopic (exact) mass is 120 g/mol. The molecule has 0 radical (unpaired) electrons. The van der Waals surface area contributed by atoms with Gasteiger partial charge in [-0.1, -0.05) is 0 Å². The largest absolute Gasteiger partial charge is 0.385 e. The molecule has 0 rings (SSSR count). The van der Waals surface area contributed by atoms with Crippen LogP contribution < -0.4 is 0 Å². The molecule has 50 valence electrons. The van der Waals surface area contributed by atoms with Crippen LogP contribution in [0.1, 0.15) is 6.42 Å². The first kappa shape index (κ1) is 7.88. The summed E-state index contributed by atoms with van der Waals surface area (Å²) in [5, 5.41) is 0. The van der Waals surface area contributed by atoms with Crippen LogP contribution in [0.25, 0.3) is 0 Å². The van der Waals surface area contributed by atoms with Crippen molar-refractivity contribution in [3.8, 4) is 0 Å². The zero-order valence-electron chi connectivity index (χ0n) is 5.35. The summed E-state index contributed by atoms with van der Waals surface area (Å²) in [5.41, 5.74) is 0. The molecule has 0 aromatic rings. The van der Waals surface area contributed by atoms with Crippen molar-refractivity contribution < 1.29 is 14.5 Å². The summed E-state index contributed by atoms with van der Waals surface area (Å²) in [5.74, 6) is 0. The number of hydrogen-bond acceptors (Lipinski definition) is 3. The van der Waals surface area contributed by atoms with E-state index >= 15 is 0 Å². The van der Waals surface area contributed by atoms with Gasteiger partial charge in [0.15, 0.2) is 0 Å². The molecule has 0 spiro atoms. The van der Waals surface area contributed by atoms with Gasteiger partial charge in [-0.15, -0.1) is 0 Å². The third kappa shape index (κ3) is 5.88. The van der Waals surface area contributed by atoms with Gasteiger partial charge >= 0.3 is 0 Å². The average Bonchev–Trinajstić information content (AvgIpc) is 1.81. The summed E-state index contributed by atoms with van der Waals surface area (Å²) < 4.78 is 4.75. The Morgan fingerprint density at radius 1 is 1.12 bits per heavy atom. The van der Waals surface area contributed by atoms with E-state index in [-0.39, 0.29) is 0 Å². The summed E-state index contributed by atoms with van der Waals surface area (Å²) in [6.45, 7) is 1.33. The summed E-state index contributed by atoms with van der Waals surface area (Å²) in [7, 11) is 3.15. The SMILES string of the molecule is COCCCOOC. The topological polar surface area (TPSA) is 27.7 Å². The van der Waals surface area contributed by atoms with Crippen molar-refractivity contribution in [2.24, 2.45) is 0 Å². The minimum atomic E-state index is 0.602. The van der Waals surface area contributed by atoms with Crippen LogP contribution in [0.15, 0.2) is 0 Å². The van der Waals surface area contributed by atoms with Crippen LogP contribution in [0.3, 0.4) is 0 Å². The number of ether oxygens (including phenoxy) is 1. The Morgan fingerprint density at radius 3 is 2.38 bits per heavy atom. The summed E-state index contributed by atoms with van der Waals surface area (Å²) >= 11 is 0. The smallest absolute Gasteiger partial charge is 0.0844 e. The van der Waals surface area contributed by atoms with Crippen LogP contribution >= 0.6 is 0 Å². The number of rotatable bonds is 5. The highest BCUT2D eigenvalue weighted by Gasteiger charge is 1.83. The fourth-order valence-corrected chi connectivity index (χ4v) is 0.346. The van der Waals surface area contributed by atoms with Gasteiger partial charge in [0.05, 0.1) is 13.7 Å². The Bertz CT molecular complexity index is 32.7. The van der Waals surface area contributed by atoms with Gasteiger partial charge in [-0.2, -0.15) is 0 Å². The molecule has 0 atom stereocenters. The lowest BCUT2D eigenvalue weighted by Crippen LogP contribution is -1.97. The molecule has 0 fully saturated rings. The van der Waals surface area contributed by atoms with Gasteiger partial charge in [0.1, 0.15) is 0 Å². The Labute approximate surface area is 49.5 Å². The van der Waals surface area contributed by atoms with E-state index < -0.39 is 0 Å². The van der Waals surface area contributed by atoms with Crippen molar-refractivity contribution in [3.05, 3.63) is 0 Å². The van der Waals surface area contributed by atoms with Crippen molar-refractivity contribution >= 4 is 0 Å². The molecule has 0 bridgehead atoms. The first-order valence-electron chi connectivity index (χ1n) is 2.56. The maximum atomic E-state index is 4.75. The van der Waals surface area contributed by atoms with Gasteiger partial charge in [-0.05, 0) is 6.42 Å². The van der Waals surface area contributed by atoms with Crippen molar-refractivity contribution in [1.29, 1.82) is 0 Å². The van der Waals surface area contributed by atoms with Crippen molar-refractivity contribution in [1.82, 2.24) is 0 Å². The molecule has 0 aliphatic carbocycles. The lowest BCUT2D eigenvalue weighted by atomic mass is 10.5. The molecule has 0 aliphatic heterocycles. The van der Waals surface area contributed by atoms with Crippen LogP contribution in [-0.4, -0.2) is 27.4 Å². The van der Waals surface area contributed by atoms with E-state index in [9.17, 15) is 0 Å². The summed E-state index contributed by atoms with van der Waals surface area (Å²) in [4.78, 5) is 8.89. The Kier molecular flexibility index (Phi) is 6.78. The lowest BCUT2D eigenvalue weighted by molar-refractivity contribution is -0.273. The van der Waals surface area contributed by atoms with Crippen LogP contribution in [-0.2, 0) is 14.5 Å². The molecule has 3 heteroatoms. The Hall–Kier alpha value is -0.120. The average molecular weight is 120 g/mol. The van der Waals surface area contributed by atoms with Gasteiger partial charge in [-0.25, -0.2) is 9.78 Å². The standard InChI is InChI=1S/C5H12O3/c1-6-4-3-5-8-7-2/h3-5H2,1-2H3. The molecule has 0 unspecified atom stereocenters. The van der Waals surface area contributed by atoms with Crippen LogP contribution in [0.5, 0.6) is 0 Å². The zero-order chi connectivity index (χ0) is 6.24. The van der Waals surface area contributed by atoms with E-state index in [0.29, 0.717) is 6.61 Å². The molecule has 8 heavy (non-hydrogen) atoms. The van der Waals surface area contributed by atoms with Gasteiger partial charge in [-0.3, -0.25) is 0 Å². The van der Waals surface area contributed by atoms with E-state index in [4.69, 9.17) is 4.74 Å². The molecule has 0 aromatic heterocycles. The first-order valence-corrected chi connectivity index (χ1v) is 2.56. The fourth-order valence-electron chi connectivity index (χ4n) is 0.346. The lowest BCUT2D eigenvalue weighted by Gasteiger charge is -1.96. The predicted molar refractivity (Wildman–Crippen MR) is 29.5 cm³/mol. The second-order valence-corrected chi connectivity index (χ2v) is 1.33. The van der Waals surface area contributed by atoms with Crippen molar-refractivity contribution in [2.75, 3.05) is 27.4 Å². The molecule has 3 nitrogen and oxygen atoms in total. The first-order chi connectivity index (χ1) is 3.91. The highest BCUT2D eigenvalue weighted by atomic mass is 17.2. The quantitative estimate of drug-likeness (QED) is 0.302. The summed E-state index contributed by atoms with van der Waals surface area (Å²) in [6, 6.07) is 0. The van der Waals surface area contributed by atoms with Crippen molar-refractivity contribution in [3.63, 3.8) is 0 Å². The molecular formula is C5H12O3. The molecule has 0 saturated heterocycles. The molecule has 0 saturated carbocycles. The second-order valence-electron chi connectivity index (χ2n) is 1.33. The number of methoxy groups -OCH3 is 1. The Morgan fingerprint density at radius 2 is 1.88 bits per heavy atom. The van der Waals surface area contributed by atoms with E-state index in [1.54, 1.807) is 7.11 Å². The van der Waals surface area contributed by atoms with Gasteiger partial charge in [0.25, 0.3) is 0 Å². The second kappa shape index (κ2) is 6.88. The minimum absolute atomic E-state index is 0.602. The Balaban J connectivity index is 2.53. The van der Waals surface area contributed by atoms with Crippen LogP contribution in [0, 0.1) is 0 Å². The maximum Gasteiger partial charge on any atom is 0.0844 e. The fraction of sp³-hybridized carbons (Fsp3) is 1.00. The minimum Gasteiger partial charge on any atom is -0.385 e. The third-order valence-corrected chi connectivity index (χ3v) is 0.694.